The largest absolute Gasteiger partial charge is 0.364 e. The molecule has 1 aromatic heterocycles. The Morgan fingerprint density at radius 1 is 1.00 bits per heavy atom. The van der Waals surface area contributed by atoms with E-state index in [2.05, 4.69) is 21.8 Å². The van der Waals surface area contributed by atoms with E-state index in [1.54, 1.807) is 18.2 Å². The van der Waals surface area contributed by atoms with Gasteiger partial charge in [-0.25, -0.2) is 9.78 Å². The molecule has 4 rings (SSSR count). The standard InChI is InChI=1S/C19H18N4O4/c1-21-8-10-22(11-9-21)16-12-13(6-7-20-16)19(26)27-23-17(24)14-4-2-3-5-15(14)18(23)25/h2-7,12H,8-11H2,1H3. The van der Waals surface area contributed by atoms with Gasteiger partial charge in [-0.15, -0.1) is 0 Å². The van der Waals surface area contributed by atoms with Gasteiger partial charge in [0.2, 0.25) is 0 Å². The number of piperazine rings is 1. The molecule has 0 aliphatic carbocycles. The molecule has 1 saturated heterocycles. The molecule has 2 amide bonds. The average molecular weight is 366 g/mol. The maximum atomic E-state index is 12.5. The molecule has 1 fully saturated rings. The Bertz CT molecular complexity index is 886. The van der Waals surface area contributed by atoms with Gasteiger partial charge in [0.25, 0.3) is 11.8 Å². The number of carbonyl (C=O) groups is 3. The van der Waals surface area contributed by atoms with Crippen LogP contribution in [0.3, 0.4) is 0 Å². The summed E-state index contributed by atoms with van der Waals surface area (Å²) in [5.41, 5.74) is 0.682. The van der Waals surface area contributed by atoms with Crippen LogP contribution in [0, 0.1) is 0 Å². The van der Waals surface area contributed by atoms with Gasteiger partial charge in [-0.2, -0.15) is 0 Å². The number of pyridine rings is 1. The lowest BCUT2D eigenvalue weighted by Crippen LogP contribution is -2.44. The highest BCUT2D eigenvalue weighted by Crippen LogP contribution is 2.24. The predicted molar refractivity (Wildman–Crippen MR) is 96.3 cm³/mol. The molecule has 8 heteroatoms. The number of anilines is 1. The number of imide groups is 1. The number of amides is 2. The van der Waals surface area contributed by atoms with Crippen LogP contribution in [-0.2, 0) is 4.84 Å². The zero-order chi connectivity index (χ0) is 19.0. The second kappa shape index (κ2) is 6.81. The third-order valence-corrected chi connectivity index (χ3v) is 4.74. The van der Waals surface area contributed by atoms with Crippen molar-refractivity contribution in [2.45, 2.75) is 0 Å². The molecule has 0 radical (unpaired) electrons. The number of carbonyl (C=O) groups excluding carboxylic acids is 3. The first-order valence-corrected chi connectivity index (χ1v) is 8.64. The molecular formula is C19H18N4O4. The zero-order valence-corrected chi connectivity index (χ0v) is 14.8. The highest BCUT2D eigenvalue weighted by molar-refractivity contribution is 6.21. The van der Waals surface area contributed by atoms with Gasteiger partial charge < -0.3 is 14.6 Å². The molecule has 2 aromatic rings. The highest BCUT2D eigenvalue weighted by Gasteiger charge is 2.38. The smallest absolute Gasteiger partial charge is 0.354 e. The lowest BCUT2D eigenvalue weighted by Gasteiger charge is -2.33. The average Bonchev–Trinajstić information content (AvgIpc) is 2.94. The molecule has 27 heavy (non-hydrogen) atoms. The molecule has 0 N–H and O–H groups in total. The Kier molecular flexibility index (Phi) is 4.33. The summed E-state index contributed by atoms with van der Waals surface area (Å²) in [7, 11) is 2.06. The van der Waals surface area contributed by atoms with E-state index in [0.29, 0.717) is 10.9 Å². The highest BCUT2D eigenvalue weighted by atomic mass is 16.7. The first-order chi connectivity index (χ1) is 13.0. The van der Waals surface area contributed by atoms with Crippen molar-refractivity contribution in [3.63, 3.8) is 0 Å². The Hall–Kier alpha value is -3.26. The zero-order valence-electron chi connectivity index (χ0n) is 14.8. The van der Waals surface area contributed by atoms with Crippen molar-refractivity contribution in [1.29, 1.82) is 0 Å². The van der Waals surface area contributed by atoms with Crippen molar-refractivity contribution in [1.82, 2.24) is 14.9 Å². The minimum atomic E-state index is -0.776. The second-order valence-corrected chi connectivity index (χ2v) is 6.52. The third-order valence-electron chi connectivity index (χ3n) is 4.74. The van der Waals surface area contributed by atoms with Crippen LogP contribution in [0.2, 0.25) is 0 Å². The van der Waals surface area contributed by atoms with Crippen LogP contribution < -0.4 is 4.90 Å². The van der Waals surface area contributed by atoms with E-state index in [1.165, 1.54) is 24.4 Å². The molecule has 2 aliphatic heterocycles. The molecule has 0 bridgehead atoms. The maximum absolute atomic E-state index is 12.5. The summed E-state index contributed by atoms with van der Waals surface area (Å²) >= 11 is 0. The number of hydrogen-bond donors (Lipinski definition) is 0. The van der Waals surface area contributed by atoms with Crippen LogP contribution in [0.15, 0.2) is 42.6 Å². The number of nitrogens with zero attached hydrogens (tertiary/aromatic N) is 4. The van der Waals surface area contributed by atoms with Crippen LogP contribution in [0.4, 0.5) is 5.82 Å². The van der Waals surface area contributed by atoms with Crippen molar-refractivity contribution < 1.29 is 19.2 Å². The molecule has 138 valence electrons. The van der Waals surface area contributed by atoms with E-state index < -0.39 is 17.8 Å². The number of fused-ring (bicyclic) bond motifs is 1. The molecule has 0 spiro atoms. The number of aromatic nitrogens is 1. The van der Waals surface area contributed by atoms with Gasteiger partial charge in [0, 0.05) is 32.4 Å². The molecule has 0 saturated carbocycles. The Balaban J connectivity index is 1.50. The molecule has 2 aliphatic rings. The summed E-state index contributed by atoms with van der Waals surface area (Å²) in [4.78, 5) is 50.9. The fraction of sp³-hybridized carbons (Fsp3) is 0.263. The lowest BCUT2D eigenvalue weighted by atomic mass is 10.1. The van der Waals surface area contributed by atoms with Gasteiger partial charge in [-0.1, -0.05) is 17.2 Å². The van der Waals surface area contributed by atoms with Gasteiger partial charge in [0.15, 0.2) is 0 Å². The van der Waals surface area contributed by atoms with E-state index in [1.807, 2.05) is 0 Å². The topological polar surface area (TPSA) is 83.0 Å². The molecule has 0 unspecified atom stereocenters. The number of hydrogen-bond acceptors (Lipinski definition) is 7. The van der Waals surface area contributed by atoms with Crippen molar-refractivity contribution in [3.8, 4) is 0 Å². The van der Waals surface area contributed by atoms with Crippen molar-refractivity contribution >= 4 is 23.6 Å². The Labute approximate surface area is 155 Å². The van der Waals surface area contributed by atoms with Crippen LogP contribution >= 0.6 is 0 Å². The summed E-state index contributed by atoms with van der Waals surface area (Å²) < 4.78 is 0. The third kappa shape index (κ3) is 3.15. The monoisotopic (exact) mass is 366 g/mol. The van der Waals surface area contributed by atoms with Crippen LogP contribution in [0.25, 0.3) is 0 Å². The number of rotatable bonds is 3. The maximum Gasteiger partial charge on any atom is 0.364 e. The van der Waals surface area contributed by atoms with E-state index in [-0.39, 0.29) is 16.7 Å². The van der Waals surface area contributed by atoms with Crippen LogP contribution in [0.1, 0.15) is 31.1 Å². The number of benzene rings is 1. The molecule has 1 aromatic carbocycles. The van der Waals surface area contributed by atoms with Crippen molar-refractivity contribution in [2.75, 3.05) is 38.1 Å². The quantitative estimate of drug-likeness (QED) is 0.755. The first-order valence-electron chi connectivity index (χ1n) is 8.64. The van der Waals surface area contributed by atoms with E-state index in [0.717, 1.165) is 26.2 Å². The van der Waals surface area contributed by atoms with Gasteiger partial charge in [-0.05, 0) is 31.3 Å². The lowest BCUT2D eigenvalue weighted by molar-refractivity contribution is -0.0584. The van der Waals surface area contributed by atoms with Gasteiger partial charge in [0.05, 0.1) is 16.7 Å². The minimum absolute atomic E-state index is 0.225. The number of likely N-dealkylation sites (N-methyl/N-ethyl adjacent to an activating group) is 1. The molecular weight excluding hydrogens is 348 g/mol. The van der Waals surface area contributed by atoms with Gasteiger partial charge in [-0.3, -0.25) is 9.59 Å². The molecule has 0 atom stereocenters. The van der Waals surface area contributed by atoms with Crippen molar-refractivity contribution in [3.05, 3.63) is 59.3 Å². The normalized spacial score (nSPS) is 17.2. The van der Waals surface area contributed by atoms with E-state index in [4.69, 9.17) is 4.84 Å². The molecule has 8 nitrogen and oxygen atoms in total. The van der Waals surface area contributed by atoms with Crippen LogP contribution in [-0.4, -0.2) is 66.0 Å². The SMILES string of the molecule is CN1CCN(c2cc(C(=O)ON3C(=O)c4ccccc4C3=O)ccn2)CC1. The van der Waals surface area contributed by atoms with Crippen LogP contribution in [0.5, 0.6) is 0 Å². The summed E-state index contributed by atoms with van der Waals surface area (Å²) in [6.45, 7) is 3.43. The van der Waals surface area contributed by atoms with Crippen molar-refractivity contribution in [2.24, 2.45) is 0 Å². The first kappa shape index (κ1) is 17.2. The van der Waals surface area contributed by atoms with Gasteiger partial charge >= 0.3 is 5.97 Å². The summed E-state index contributed by atoms with van der Waals surface area (Å²) in [5.74, 6) is -1.39. The Morgan fingerprint density at radius 3 is 2.26 bits per heavy atom. The predicted octanol–water partition coefficient (Wildman–Crippen LogP) is 1.20. The molecule has 3 heterocycles. The van der Waals surface area contributed by atoms with E-state index in [9.17, 15) is 14.4 Å². The minimum Gasteiger partial charge on any atom is -0.354 e. The van der Waals surface area contributed by atoms with Gasteiger partial charge in [0.1, 0.15) is 5.82 Å². The summed E-state index contributed by atoms with van der Waals surface area (Å²) in [5, 5.41) is 0.517. The number of hydroxylamine groups is 2. The summed E-state index contributed by atoms with van der Waals surface area (Å²) in [6, 6.07) is 9.48. The fourth-order valence-corrected chi connectivity index (χ4v) is 3.14. The Morgan fingerprint density at radius 2 is 1.63 bits per heavy atom. The summed E-state index contributed by atoms with van der Waals surface area (Å²) in [6.07, 6.45) is 1.52. The fourth-order valence-electron chi connectivity index (χ4n) is 3.14. The second-order valence-electron chi connectivity index (χ2n) is 6.52. The van der Waals surface area contributed by atoms with E-state index >= 15 is 0 Å².